The van der Waals surface area contributed by atoms with Gasteiger partial charge in [-0.15, -0.1) is 0 Å². The fourth-order valence-corrected chi connectivity index (χ4v) is 3.12. The van der Waals surface area contributed by atoms with Crippen molar-refractivity contribution < 1.29 is 0 Å². The van der Waals surface area contributed by atoms with Crippen LogP contribution in [-0.4, -0.2) is 4.40 Å². The minimum Gasteiger partial charge on any atom is -0.349 e. The Kier molecular flexibility index (Phi) is 4.03. The summed E-state index contributed by atoms with van der Waals surface area (Å²) in [6, 6.07) is 32.0. The van der Waals surface area contributed by atoms with E-state index in [1.54, 1.807) is 0 Å². The van der Waals surface area contributed by atoms with Crippen molar-refractivity contribution in [3.63, 3.8) is 0 Å². The van der Waals surface area contributed by atoms with E-state index in [1.807, 2.05) is 0 Å². The molecule has 0 spiro atoms. The predicted molar refractivity (Wildman–Crippen MR) is 100 cm³/mol. The van der Waals surface area contributed by atoms with Gasteiger partial charge in [0, 0.05) is 24.8 Å². The minimum atomic E-state index is 0.886. The van der Waals surface area contributed by atoms with Crippen molar-refractivity contribution in [2.75, 3.05) is 4.90 Å². The van der Waals surface area contributed by atoms with Crippen LogP contribution in [0.1, 0.15) is 11.1 Å². The van der Waals surface area contributed by atoms with E-state index in [-0.39, 0.29) is 0 Å². The molecular formula is C22H20N2. The molecule has 2 heteroatoms. The first-order valence-electron chi connectivity index (χ1n) is 8.29. The van der Waals surface area contributed by atoms with E-state index in [0.717, 1.165) is 13.1 Å². The standard InChI is InChI=1S/C22H20N2/c1-3-9-19(10-4-1)17-23(18-20-11-5-2-6-12-20)22-15-14-21-13-7-8-16-24(21)22/h1-16H,17-18H2. The molecule has 0 amide bonds. The zero-order chi connectivity index (χ0) is 16.2. The van der Waals surface area contributed by atoms with Crippen LogP contribution in [0, 0.1) is 0 Å². The lowest BCUT2D eigenvalue weighted by molar-refractivity contribution is 0.778. The lowest BCUT2D eigenvalue weighted by Crippen LogP contribution is -2.23. The highest BCUT2D eigenvalue weighted by atomic mass is 15.2. The fraction of sp³-hybridized carbons (Fsp3) is 0.0909. The molecule has 0 aliphatic carbocycles. The van der Waals surface area contributed by atoms with Gasteiger partial charge in [-0.2, -0.15) is 0 Å². The lowest BCUT2D eigenvalue weighted by atomic mass is 10.1. The molecule has 0 saturated carbocycles. The van der Waals surface area contributed by atoms with Crippen molar-refractivity contribution in [1.82, 2.24) is 4.40 Å². The van der Waals surface area contributed by atoms with E-state index in [4.69, 9.17) is 0 Å². The Morgan fingerprint density at radius 1 is 0.583 bits per heavy atom. The highest BCUT2D eigenvalue weighted by Gasteiger charge is 2.12. The number of hydrogen-bond acceptors (Lipinski definition) is 1. The van der Waals surface area contributed by atoms with E-state index in [1.165, 1.54) is 22.5 Å². The van der Waals surface area contributed by atoms with Gasteiger partial charge >= 0.3 is 0 Å². The number of anilines is 1. The quantitative estimate of drug-likeness (QED) is 0.495. The molecule has 0 unspecified atom stereocenters. The molecule has 4 aromatic rings. The molecule has 0 aliphatic rings. The second-order valence-corrected chi connectivity index (χ2v) is 6.01. The maximum absolute atomic E-state index is 2.43. The van der Waals surface area contributed by atoms with Crippen molar-refractivity contribution in [3.05, 3.63) is 108 Å². The number of nitrogens with zero attached hydrogens (tertiary/aromatic N) is 2. The van der Waals surface area contributed by atoms with Crippen LogP contribution in [-0.2, 0) is 13.1 Å². The Morgan fingerprint density at radius 2 is 1.17 bits per heavy atom. The van der Waals surface area contributed by atoms with Crippen LogP contribution in [0.15, 0.2) is 97.2 Å². The normalized spacial score (nSPS) is 10.8. The summed E-state index contributed by atoms with van der Waals surface area (Å²) in [7, 11) is 0. The van der Waals surface area contributed by atoms with Crippen LogP contribution in [0.25, 0.3) is 5.52 Å². The van der Waals surface area contributed by atoms with Gasteiger partial charge in [0.2, 0.25) is 0 Å². The zero-order valence-corrected chi connectivity index (χ0v) is 13.5. The Bertz CT molecular complexity index is 869. The van der Waals surface area contributed by atoms with Crippen LogP contribution in [0.5, 0.6) is 0 Å². The van der Waals surface area contributed by atoms with E-state index >= 15 is 0 Å². The average molecular weight is 312 g/mol. The molecule has 2 aromatic heterocycles. The molecule has 2 aromatic carbocycles. The number of fused-ring (bicyclic) bond motifs is 1. The topological polar surface area (TPSA) is 7.65 Å². The highest BCUT2D eigenvalue weighted by Crippen LogP contribution is 2.23. The minimum absolute atomic E-state index is 0.886. The summed E-state index contributed by atoms with van der Waals surface area (Å²) >= 11 is 0. The van der Waals surface area contributed by atoms with Crippen molar-refractivity contribution >= 4 is 11.3 Å². The molecule has 2 nitrogen and oxygen atoms in total. The average Bonchev–Trinajstić information content (AvgIpc) is 3.07. The predicted octanol–water partition coefficient (Wildman–Crippen LogP) is 5.15. The van der Waals surface area contributed by atoms with Gasteiger partial charge in [-0.1, -0.05) is 66.7 Å². The third-order valence-electron chi connectivity index (χ3n) is 4.30. The van der Waals surface area contributed by atoms with Gasteiger partial charge in [-0.3, -0.25) is 0 Å². The first kappa shape index (κ1) is 14.6. The van der Waals surface area contributed by atoms with Crippen LogP contribution >= 0.6 is 0 Å². The van der Waals surface area contributed by atoms with Crippen LogP contribution in [0.2, 0.25) is 0 Å². The molecular weight excluding hydrogens is 292 g/mol. The van der Waals surface area contributed by atoms with Gasteiger partial charge in [0.05, 0.1) is 0 Å². The van der Waals surface area contributed by atoms with Crippen LogP contribution in [0.3, 0.4) is 0 Å². The summed E-state index contributed by atoms with van der Waals surface area (Å²) in [5, 5.41) is 0. The molecule has 0 fully saturated rings. The smallest absolute Gasteiger partial charge is 0.113 e. The second-order valence-electron chi connectivity index (χ2n) is 6.01. The van der Waals surface area contributed by atoms with Gasteiger partial charge in [0.15, 0.2) is 0 Å². The molecule has 0 atom stereocenters. The fourth-order valence-electron chi connectivity index (χ4n) is 3.12. The Morgan fingerprint density at radius 3 is 1.79 bits per heavy atom. The molecule has 0 saturated heterocycles. The van der Waals surface area contributed by atoms with E-state index < -0.39 is 0 Å². The molecule has 24 heavy (non-hydrogen) atoms. The van der Waals surface area contributed by atoms with E-state index in [0.29, 0.717) is 0 Å². The molecule has 0 radical (unpaired) electrons. The van der Waals surface area contributed by atoms with Gasteiger partial charge in [-0.05, 0) is 35.4 Å². The molecule has 118 valence electrons. The van der Waals surface area contributed by atoms with Crippen LogP contribution < -0.4 is 4.90 Å². The number of hydrogen-bond donors (Lipinski definition) is 0. The summed E-state index contributed by atoms with van der Waals surface area (Å²) in [4.78, 5) is 2.43. The monoisotopic (exact) mass is 312 g/mol. The van der Waals surface area contributed by atoms with Crippen LogP contribution in [0.4, 0.5) is 5.82 Å². The largest absolute Gasteiger partial charge is 0.349 e. The Hall–Kier alpha value is -3.00. The van der Waals surface area contributed by atoms with Crippen molar-refractivity contribution in [1.29, 1.82) is 0 Å². The maximum atomic E-state index is 2.43. The third kappa shape index (κ3) is 3.04. The van der Waals surface area contributed by atoms with Gasteiger partial charge < -0.3 is 9.30 Å². The van der Waals surface area contributed by atoms with E-state index in [9.17, 15) is 0 Å². The summed E-state index contributed by atoms with van der Waals surface area (Å²) in [6.07, 6.45) is 2.13. The molecule has 2 heterocycles. The van der Waals surface area contributed by atoms with E-state index in [2.05, 4.69) is 106 Å². The molecule has 4 rings (SSSR count). The van der Waals surface area contributed by atoms with Crippen molar-refractivity contribution in [2.45, 2.75) is 13.1 Å². The lowest BCUT2D eigenvalue weighted by Gasteiger charge is -2.25. The first-order chi connectivity index (χ1) is 11.9. The first-order valence-corrected chi connectivity index (χ1v) is 8.29. The summed E-state index contributed by atoms with van der Waals surface area (Å²) in [5.74, 6) is 1.22. The van der Waals surface area contributed by atoms with Gasteiger partial charge in [0.1, 0.15) is 5.82 Å². The van der Waals surface area contributed by atoms with Crippen molar-refractivity contribution in [3.8, 4) is 0 Å². The summed E-state index contributed by atoms with van der Waals surface area (Å²) < 4.78 is 2.26. The summed E-state index contributed by atoms with van der Waals surface area (Å²) in [5.41, 5.74) is 3.86. The summed E-state index contributed by atoms with van der Waals surface area (Å²) in [6.45, 7) is 1.77. The molecule has 0 aliphatic heterocycles. The SMILES string of the molecule is c1ccc(CN(Cc2ccccc2)c2ccc3ccccn23)cc1. The van der Waals surface area contributed by atoms with Crippen molar-refractivity contribution in [2.24, 2.45) is 0 Å². The van der Waals surface area contributed by atoms with Gasteiger partial charge in [0.25, 0.3) is 0 Å². The second kappa shape index (κ2) is 6.63. The maximum Gasteiger partial charge on any atom is 0.113 e. The number of aromatic nitrogens is 1. The molecule has 0 bridgehead atoms. The Balaban J connectivity index is 1.72. The number of benzene rings is 2. The molecule has 0 N–H and O–H groups in total. The Labute approximate surface area is 142 Å². The zero-order valence-electron chi connectivity index (χ0n) is 13.5. The third-order valence-corrected chi connectivity index (χ3v) is 4.30. The highest BCUT2D eigenvalue weighted by molar-refractivity contribution is 5.59. The number of rotatable bonds is 5. The van der Waals surface area contributed by atoms with Gasteiger partial charge in [-0.25, -0.2) is 0 Å². The number of pyridine rings is 1.